The van der Waals surface area contributed by atoms with Gasteiger partial charge in [0.05, 0.1) is 0 Å². The lowest BCUT2D eigenvalue weighted by atomic mass is 9.71. The van der Waals surface area contributed by atoms with Gasteiger partial charge in [0, 0.05) is 6.92 Å². The molecule has 1 aliphatic rings. The van der Waals surface area contributed by atoms with Crippen LogP contribution in [0.1, 0.15) is 47.5 Å². The molecular weight excluding hydrogens is 304 g/mol. The predicted octanol–water partition coefficient (Wildman–Crippen LogP) is 4.91. The average molecular weight is 327 g/mol. The number of halogens is 1. The van der Waals surface area contributed by atoms with Crippen LogP contribution in [0.4, 0.5) is 0 Å². The first-order valence-corrected chi connectivity index (χ1v) is 7.53. The van der Waals surface area contributed by atoms with Crippen LogP contribution in [0.25, 0.3) is 0 Å². The highest BCUT2D eigenvalue weighted by Crippen LogP contribution is 2.42. The van der Waals surface area contributed by atoms with Gasteiger partial charge in [0.25, 0.3) is 0 Å². The first kappa shape index (κ1) is 16.2. The molecule has 0 bridgehead atoms. The molecule has 2 nitrogen and oxygen atoms in total. The van der Waals surface area contributed by atoms with E-state index in [0.29, 0.717) is 0 Å². The number of allylic oxidation sites excluding steroid dienone is 4. The number of hydrogen-bond acceptors (Lipinski definition) is 2. The lowest BCUT2D eigenvalue weighted by molar-refractivity contribution is -0.145. The second-order valence-electron chi connectivity index (χ2n) is 5.80. The Balaban J connectivity index is 3.09. The molecule has 0 aromatic rings. The Labute approximate surface area is 124 Å². The number of esters is 1. The fourth-order valence-corrected chi connectivity index (χ4v) is 2.66. The summed E-state index contributed by atoms with van der Waals surface area (Å²) in [4.78, 5) is 13.1. The molecule has 1 rings (SSSR count). The first-order chi connectivity index (χ1) is 8.77. The van der Waals surface area contributed by atoms with Crippen molar-refractivity contribution in [3.63, 3.8) is 0 Å². The van der Waals surface area contributed by atoms with Crippen molar-refractivity contribution in [3.8, 4) is 0 Å². The van der Waals surface area contributed by atoms with Crippen LogP contribution >= 0.6 is 15.9 Å². The lowest BCUT2D eigenvalue weighted by Gasteiger charge is -2.36. The quantitative estimate of drug-likeness (QED) is 0.544. The highest BCUT2D eigenvalue weighted by molar-refractivity contribution is 9.11. The SMILES string of the molecule is CC(=O)OC1CCC(C)(C)C(/C=C/C(C)=C/Br)=C1C. The van der Waals surface area contributed by atoms with Crippen LogP contribution < -0.4 is 0 Å². The lowest BCUT2D eigenvalue weighted by Crippen LogP contribution is -2.30. The Morgan fingerprint density at radius 3 is 2.58 bits per heavy atom. The summed E-state index contributed by atoms with van der Waals surface area (Å²) >= 11 is 3.33. The molecule has 3 heteroatoms. The maximum Gasteiger partial charge on any atom is 0.303 e. The van der Waals surface area contributed by atoms with Gasteiger partial charge in [-0.25, -0.2) is 0 Å². The van der Waals surface area contributed by atoms with Gasteiger partial charge in [0.15, 0.2) is 0 Å². The third kappa shape index (κ3) is 4.34. The van der Waals surface area contributed by atoms with Gasteiger partial charge in [0.2, 0.25) is 0 Å². The van der Waals surface area contributed by atoms with Gasteiger partial charge < -0.3 is 4.74 Å². The number of rotatable bonds is 3. The smallest absolute Gasteiger partial charge is 0.303 e. The Kier molecular flexibility index (Phi) is 5.60. The largest absolute Gasteiger partial charge is 0.458 e. The molecule has 0 N–H and O–H groups in total. The van der Waals surface area contributed by atoms with Gasteiger partial charge in [0.1, 0.15) is 6.10 Å². The molecule has 0 aliphatic heterocycles. The van der Waals surface area contributed by atoms with Crippen molar-refractivity contribution in [2.45, 2.75) is 53.6 Å². The van der Waals surface area contributed by atoms with Crippen molar-refractivity contribution >= 4 is 21.9 Å². The van der Waals surface area contributed by atoms with Crippen molar-refractivity contribution in [1.29, 1.82) is 0 Å². The topological polar surface area (TPSA) is 26.3 Å². The molecule has 0 heterocycles. The Morgan fingerprint density at radius 2 is 2.05 bits per heavy atom. The van der Waals surface area contributed by atoms with E-state index in [1.54, 1.807) is 0 Å². The summed E-state index contributed by atoms with van der Waals surface area (Å²) in [6.07, 6.45) is 6.10. The van der Waals surface area contributed by atoms with Crippen molar-refractivity contribution in [2.75, 3.05) is 0 Å². The van der Waals surface area contributed by atoms with Crippen LogP contribution in [0.3, 0.4) is 0 Å². The van der Waals surface area contributed by atoms with Gasteiger partial charge in [-0.3, -0.25) is 4.79 Å². The molecule has 0 aromatic heterocycles. The third-order valence-electron chi connectivity index (χ3n) is 3.66. The predicted molar refractivity (Wildman–Crippen MR) is 83.1 cm³/mol. The van der Waals surface area contributed by atoms with Crippen molar-refractivity contribution < 1.29 is 9.53 Å². The van der Waals surface area contributed by atoms with E-state index < -0.39 is 0 Å². The molecule has 0 saturated heterocycles. The van der Waals surface area contributed by atoms with Gasteiger partial charge >= 0.3 is 5.97 Å². The molecule has 1 unspecified atom stereocenters. The highest BCUT2D eigenvalue weighted by atomic mass is 79.9. The van der Waals surface area contributed by atoms with E-state index in [0.717, 1.165) is 18.4 Å². The standard InChI is InChI=1S/C16H23BrO2/c1-11(10-17)6-7-14-12(2)15(19-13(3)18)8-9-16(14,4)5/h6-7,10,15H,8-9H2,1-5H3/b7-6+,11-10+. The number of carbonyl (C=O) groups excluding carboxylic acids is 1. The molecule has 0 spiro atoms. The van der Waals surface area contributed by atoms with Crippen LogP contribution in [0.5, 0.6) is 0 Å². The second-order valence-corrected chi connectivity index (χ2v) is 6.26. The fourth-order valence-electron chi connectivity index (χ4n) is 2.51. The summed E-state index contributed by atoms with van der Waals surface area (Å²) in [5.41, 5.74) is 3.73. The summed E-state index contributed by atoms with van der Waals surface area (Å²) in [5.74, 6) is -0.205. The average Bonchev–Trinajstić information content (AvgIpc) is 2.31. The van der Waals surface area contributed by atoms with E-state index in [-0.39, 0.29) is 17.5 Å². The molecular formula is C16H23BrO2. The van der Waals surface area contributed by atoms with Crippen LogP contribution in [0.15, 0.2) is 33.9 Å². The van der Waals surface area contributed by atoms with Crippen molar-refractivity contribution in [1.82, 2.24) is 0 Å². The van der Waals surface area contributed by atoms with Crippen molar-refractivity contribution in [3.05, 3.63) is 33.9 Å². The zero-order valence-electron chi connectivity index (χ0n) is 12.4. The van der Waals surface area contributed by atoms with Gasteiger partial charge in [-0.05, 0) is 53.8 Å². The molecule has 0 amide bonds. The van der Waals surface area contributed by atoms with Crippen LogP contribution in [0, 0.1) is 5.41 Å². The van der Waals surface area contributed by atoms with Gasteiger partial charge in [-0.2, -0.15) is 0 Å². The maximum absolute atomic E-state index is 11.2. The second kappa shape index (κ2) is 6.56. The van der Waals surface area contributed by atoms with E-state index in [4.69, 9.17) is 4.74 Å². The monoisotopic (exact) mass is 326 g/mol. The summed E-state index contributed by atoms with van der Waals surface area (Å²) in [5, 5.41) is 0. The van der Waals surface area contributed by atoms with E-state index in [9.17, 15) is 4.79 Å². The van der Waals surface area contributed by atoms with Crippen LogP contribution in [0.2, 0.25) is 0 Å². The molecule has 0 aromatic carbocycles. The molecule has 19 heavy (non-hydrogen) atoms. The zero-order chi connectivity index (χ0) is 14.6. The fraction of sp³-hybridized carbons (Fsp3) is 0.562. The van der Waals surface area contributed by atoms with E-state index in [1.165, 1.54) is 18.1 Å². The number of hydrogen-bond donors (Lipinski definition) is 0. The summed E-state index contributed by atoms with van der Waals surface area (Å²) in [6, 6.07) is 0. The molecule has 0 saturated carbocycles. The first-order valence-electron chi connectivity index (χ1n) is 6.61. The minimum atomic E-state index is -0.205. The highest BCUT2D eigenvalue weighted by Gasteiger charge is 2.33. The zero-order valence-corrected chi connectivity index (χ0v) is 14.0. The molecule has 1 aliphatic carbocycles. The van der Waals surface area contributed by atoms with Gasteiger partial charge in [-0.1, -0.05) is 41.9 Å². The molecule has 0 fully saturated rings. The Bertz CT molecular complexity index is 442. The summed E-state index contributed by atoms with van der Waals surface area (Å²) in [7, 11) is 0. The summed E-state index contributed by atoms with van der Waals surface area (Å²) < 4.78 is 5.41. The molecule has 0 radical (unpaired) electrons. The van der Waals surface area contributed by atoms with E-state index >= 15 is 0 Å². The Morgan fingerprint density at radius 1 is 1.42 bits per heavy atom. The van der Waals surface area contributed by atoms with Crippen molar-refractivity contribution in [2.24, 2.45) is 5.41 Å². The molecule has 106 valence electrons. The Hall–Kier alpha value is -0.830. The number of ether oxygens (including phenoxy) is 1. The number of carbonyl (C=O) groups is 1. The normalized spacial score (nSPS) is 23.9. The van der Waals surface area contributed by atoms with E-state index in [1.807, 2.05) is 11.9 Å². The van der Waals surface area contributed by atoms with Crippen LogP contribution in [-0.4, -0.2) is 12.1 Å². The minimum absolute atomic E-state index is 0.0709. The molecule has 1 atom stereocenters. The maximum atomic E-state index is 11.2. The van der Waals surface area contributed by atoms with E-state index in [2.05, 4.69) is 48.9 Å². The minimum Gasteiger partial charge on any atom is -0.458 e. The summed E-state index contributed by atoms with van der Waals surface area (Å²) in [6.45, 7) is 10.1. The van der Waals surface area contributed by atoms with Crippen LogP contribution in [-0.2, 0) is 9.53 Å². The third-order valence-corrected chi connectivity index (χ3v) is 4.38. The van der Waals surface area contributed by atoms with Gasteiger partial charge in [-0.15, -0.1) is 0 Å².